The van der Waals surface area contributed by atoms with Gasteiger partial charge in [-0.15, -0.1) is 24.2 Å². The van der Waals surface area contributed by atoms with Crippen molar-refractivity contribution in [1.82, 2.24) is 16.0 Å². The minimum atomic E-state index is 0. The highest BCUT2D eigenvalue weighted by molar-refractivity contribution is 7.99. The van der Waals surface area contributed by atoms with Crippen LogP contribution in [0.4, 0.5) is 0 Å². The Bertz CT molecular complexity index is 250. The third-order valence-corrected chi connectivity index (χ3v) is 4.37. The fourth-order valence-corrected chi connectivity index (χ4v) is 3.40. The van der Waals surface area contributed by atoms with Crippen LogP contribution < -0.4 is 16.0 Å². The number of nitrogens with one attached hydrogen (secondary N) is 3. The van der Waals surface area contributed by atoms with E-state index < -0.39 is 0 Å². The first-order valence-corrected chi connectivity index (χ1v) is 6.34. The standard InChI is InChI=1S/C9H15N3OS.ClH/c13-9(7-3-14-4-11-7)12-8-5-1-10-2-6(5)8;/h5-8,10-11H,1-4H2,(H,12,13);1H/t5-,6+,7?,8?;. The number of halogens is 1. The van der Waals surface area contributed by atoms with Crippen LogP contribution in [0.5, 0.6) is 0 Å². The maximum atomic E-state index is 11.7. The molecule has 15 heavy (non-hydrogen) atoms. The smallest absolute Gasteiger partial charge is 0.238 e. The van der Waals surface area contributed by atoms with Gasteiger partial charge >= 0.3 is 0 Å². The zero-order chi connectivity index (χ0) is 9.54. The highest BCUT2D eigenvalue weighted by atomic mass is 35.5. The Hall–Kier alpha value is 0.0300. The normalized spacial score (nSPS) is 41.9. The second-order valence-corrected chi connectivity index (χ2v) is 5.32. The lowest BCUT2D eigenvalue weighted by atomic mass is 10.3. The minimum absolute atomic E-state index is 0. The Morgan fingerprint density at radius 2 is 2.07 bits per heavy atom. The molecule has 1 aliphatic carbocycles. The van der Waals surface area contributed by atoms with Crippen molar-refractivity contribution in [3.05, 3.63) is 0 Å². The van der Waals surface area contributed by atoms with E-state index >= 15 is 0 Å². The monoisotopic (exact) mass is 249 g/mol. The molecule has 3 aliphatic rings. The lowest BCUT2D eigenvalue weighted by molar-refractivity contribution is -0.122. The highest BCUT2D eigenvalue weighted by Gasteiger charge is 2.53. The number of carbonyl (C=O) groups is 1. The molecule has 2 unspecified atom stereocenters. The molecule has 3 fully saturated rings. The molecule has 1 amide bonds. The minimum Gasteiger partial charge on any atom is -0.351 e. The summed E-state index contributed by atoms with van der Waals surface area (Å²) in [5.74, 6) is 3.47. The Morgan fingerprint density at radius 3 is 2.67 bits per heavy atom. The number of thioether (sulfide) groups is 1. The van der Waals surface area contributed by atoms with Crippen molar-refractivity contribution in [2.24, 2.45) is 11.8 Å². The third kappa shape index (κ3) is 2.11. The molecular formula is C9H16ClN3OS. The molecule has 0 aromatic heterocycles. The van der Waals surface area contributed by atoms with Crippen molar-refractivity contribution in [1.29, 1.82) is 0 Å². The molecule has 2 heterocycles. The summed E-state index contributed by atoms with van der Waals surface area (Å²) in [6, 6.07) is 0.519. The predicted octanol–water partition coefficient (Wildman–Crippen LogP) is -0.595. The number of carbonyl (C=O) groups excluding carboxylic acids is 1. The van der Waals surface area contributed by atoms with Crippen LogP contribution in [0.2, 0.25) is 0 Å². The lowest BCUT2D eigenvalue weighted by Gasteiger charge is -2.11. The van der Waals surface area contributed by atoms with Crippen LogP contribution in [0.1, 0.15) is 0 Å². The summed E-state index contributed by atoms with van der Waals surface area (Å²) < 4.78 is 0. The first-order valence-electron chi connectivity index (χ1n) is 5.18. The van der Waals surface area contributed by atoms with Crippen LogP contribution in [-0.2, 0) is 4.79 Å². The SMILES string of the molecule is Cl.O=C(NC1[C@H]2CNC[C@@H]12)C1CSCN1. The van der Waals surface area contributed by atoms with Crippen LogP contribution in [0.25, 0.3) is 0 Å². The predicted molar refractivity (Wildman–Crippen MR) is 63.3 cm³/mol. The van der Waals surface area contributed by atoms with E-state index in [9.17, 15) is 4.79 Å². The van der Waals surface area contributed by atoms with Crippen molar-refractivity contribution in [2.75, 3.05) is 24.7 Å². The Balaban J connectivity index is 0.000000853. The van der Waals surface area contributed by atoms with Gasteiger partial charge in [0.05, 0.1) is 6.04 Å². The average Bonchev–Trinajstić information content (AvgIpc) is 2.75. The van der Waals surface area contributed by atoms with E-state index in [2.05, 4.69) is 16.0 Å². The van der Waals surface area contributed by atoms with E-state index in [1.54, 1.807) is 11.8 Å². The van der Waals surface area contributed by atoms with Crippen LogP contribution in [0, 0.1) is 11.8 Å². The molecular weight excluding hydrogens is 234 g/mol. The summed E-state index contributed by atoms with van der Waals surface area (Å²) in [5, 5.41) is 9.66. The van der Waals surface area contributed by atoms with Gasteiger partial charge in [-0.05, 0) is 11.8 Å². The Morgan fingerprint density at radius 1 is 1.33 bits per heavy atom. The van der Waals surface area contributed by atoms with E-state index in [1.807, 2.05) is 0 Å². The van der Waals surface area contributed by atoms with Crippen LogP contribution >= 0.6 is 24.2 Å². The molecule has 4 nitrogen and oxygen atoms in total. The fourth-order valence-electron chi connectivity index (χ4n) is 2.46. The van der Waals surface area contributed by atoms with Gasteiger partial charge in [0, 0.05) is 30.8 Å². The Labute approximate surface area is 99.7 Å². The number of fused-ring (bicyclic) bond motifs is 1. The Kier molecular flexibility index (Phi) is 3.45. The zero-order valence-corrected chi connectivity index (χ0v) is 10.00. The molecule has 2 saturated heterocycles. The summed E-state index contributed by atoms with van der Waals surface area (Å²) in [6.07, 6.45) is 0. The van der Waals surface area contributed by atoms with Crippen LogP contribution in [0.15, 0.2) is 0 Å². The highest BCUT2D eigenvalue weighted by Crippen LogP contribution is 2.41. The first-order chi connectivity index (χ1) is 6.86. The molecule has 86 valence electrons. The fraction of sp³-hybridized carbons (Fsp3) is 0.889. The summed E-state index contributed by atoms with van der Waals surface area (Å²) in [7, 11) is 0. The maximum absolute atomic E-state index is 11.7. The van der Waals surface area contributed by atoms with Crippen molar-refractivity contribution in [3.8, 4) is 0 Å². The van der Waals surface area contributed by atoms with Crippen molar-refractivity contribution in [3.63, 3.8) is 0 Å². The summed E-state index contributed by atoms with van der Waals surface area (Å²) in [5.41, 5.74) is 0. The second-order valence-electron chi connectivity index (χ2n) is 4.29. The molecule has 6 heteroatoms. The van der Waals surface area contributed by atoms with E-state index in [-0.39, 0.29) is 24.4 Å². The summed E-state index contributed by atoms with van der Waals surface area (Å²) in [6.45, 7) is 2.17. The van der Waals surface area contributed by atoms with Crippen molar-refractivity contribution < 1.29 is 4.79 Å². The number of amides is 1. The van der Waals surface area contributed by atoms with E-state index in [0.717, 1.165) is 24.7 Å². The average molecular weight is 250 g/mol. The molecule has 0 bridgehead atoms. The summed E-state index contributed by atoms with van der Waals surface area (Å²) in [4.78, 5) is 11.7. The third-order valence-electron chi connectivity index (χ3n) is 3.43. The topological polar surface area (TPSA) is 53.2 Å². The quantitative estimate of drug-likeness (QED) is 0.612. The number of rotatable bonds is 2. The van der Waals surface area contributed by atoms with Gasteiger partial charge in [-0.2, -0.15) is 0 Å². The van der Waals surface area contributed by atoms with E-state index in [4.69, 9.17) is 0 Å². The second kappa shape index (κ2) is 4.49. The van der Waals surface area contributed by atoms with Crippen molar-refractivity contribution >= 4 is 30.1 Å². The summed E-state index contributed by atoms with van der Waals surface area (Å²) >= 11 is 1.80. The van der Waals surface area contributed by atoms with Crippen LogP contribution in [-0.4, -0.2) is 42.7 Å². The van der Waals surface area contributed by atoms with Gasteiger partial charge in [-0.25, -0.2) is 0 Å². The van der Waals surface area contributed by atoms with E-state index in [0.29, 0.717) is 17.9 Å². The van der Waals surface area contributed by atoms with Crippen molar-refractivity contribution in [2.45, 2.75) is 12.1 Å². The zero-order valence-electron chi connectivity index (χ0n) is 8.36. The van der Waals surface area contributed by atoms with Gasteiger partial charge in [0.15, 0.2) is 0 Å². The largest absolute Gasteiger partial charge is 0.351 e. The molecule has 0 aromatic carbocycles. The molecule has 0 aromatic rings. The van der Waals surface area contributed by atoms with Gasteiger partial charge in [-0.1, -0.05) is 0 Å². The van der Waals surface area contributed by atoms with Gasteiger partial charge in [0.1, 0.15) is 0 Å². The van der Waals surface area contributed by atoms with Crippen LogP contribution in [0.3, 0.4) is 0 Å². The number of piperidine rings is 1. The van der Waals surface area contributed by atoms with Gasteiger partial charge in [-0.3, -0.25) is 10.1 Å². The number of hydrogen-bond donors (Lipinski definition) is 3. The molecule has 2 aliphatic heterocycles. The van der Waals surface area contributed by atoms with E-state index in [1.165, 1.54) is 0 Å². The van der Waals surface area contributed by atoms with Gasteiger partial charge in [0.25, 0.3) is 0 Å². The maximum Gasteiger partial charge on any atom is 0.238 e. The van der Waals surface area contributed by atoms with Gasteiger partial charge in [0.2, 0.25) is 5.91 Å². The molecule has 1 saturated carbocycles. The molecule has 0 spiro atoms. The molecule has 0 radical (unpaired) electrons. The lowest BCUT2D eigenvalue weighted by Crippen LogP contribution is -2.44. The molecule has 3 N–H and O–H groups in total. The number of hydrogen-bond acceptors (Lipinski definition) is 4. The molecule has 4 atom stereocenters. The first kappa shape index (κ1) is 11.5. The molecule has 3 rings (SSSR count). The van der Waals surface area contributed by atoms with Gasteiger partial charge < -0.3 is 10.6 Å².